The molecule has 2 aromatic rings. The van der Waals surface area contributed by atoms with Gasteiger partial charge in [0.2, 0.25) is 0 Å². The Balaban J connectivity index is 1.94. The Kier molecular flexibility index (Phi) is 5.90. The Hall–Kier alpha value is -0.830. The molecule has 1 nitrogen and oxygen atoms in total. The van der Waals surface area contributed by atoms with Crippen molar-refractivity contribution in [2.75, 3.05) is 6.54 Å². The van der Waals surface area contributed by atoms with Crippen LogP contribution in [0.3, 0.4) is 0 Å². The van der Waals surface area contributed by atoms with Crippen molar-refractivity contribution in [2.24, 2.45) is 0 Å². The Morgan fingerprint density at radius 3 is 2.79 bits per heavy atom. The molecule has 1 unspecified atom stereocenters. The Morgan fingerprint density at radius 1 is 1.26 bits per heavy atom. The van der Waals surface area contributed by atoms with Gasteiger partial charge in [0.15, 0.2) is 0 Å². The van der Waals surface area contributed by atoms with Crippen LogP contribution in [0.2, 0.25) is 5.02 Å². The van der Waals surface area contributed by atoms with Crippen molar-refractivity contribution >= 4 is 22.9 Å². The molecule has 1 N–H and O–H groups in total. The molecule has 2 rings (SSSR count). The second kappa shape index (κ2) is 7.68. The summed E-state index contributed by atoms with van der Waals surface area (Å²) in [6.45, 7) is 3.16. The fraction of sp³-hybridized carbons (Fsp3) is 0.375. The zero-order chi connectivity index (χ0) is 13.5. The first-order valence-corrected chi connectivity index (χ1v) is 8.09. The summed E-state index contributed by atoms with van der Waals surface area (Å²) in [7, 11) is 0. The fourth-order valence-electron chi connectivity index (χ4n) is 2.27. The summed E-state index contributed by atoms with van der Waals surface area (Å²) < 4.78 is 0. The number of nitrogens with one attached hydrogen (secondary N) is 1. The molecular weight excluding hydrogens is 274 g/mol. The number of likely N-dealkylation sites (N-methyl/N-ethyl adjacent to an activating group) is 1. The van der Waals surface area contributed by atoms with E-state index in [1.54, 1.807) is 11.3 Å². The van der Waals surface area contributed by atoms with E-state index in [-0.39, 0.29) is 0 Å². The van der Waals surface area contributed by atoms with E-state index in [2.05, 4.69) is 41.2 Å². The molecule has 0 saturated heterocycles. The Morgan fingerprint density at radius 2 is 2.11 bits per heavy atom. The molecule has 0 spiro atoms. The van der Waals surface area contributed by atoms with E-state index in [9.17, 15) is 0 Å². The molecule has 0 fully saturated rings. The number of halogens is 1. The van der Waals surface area contributed by atoms with Gasteiger partial charge in [0.25, 0.3) is 0 Å². The molecule has 1 atom stereocenters. The number of benzene rings is 1. The summed E-state index contributed by atoms with van der Waals surface area (Å²) in [6.07, 6.45) is 3.28. The van der Waals surface area contributed by atoms with Crippen LogP contribution in [-0.2, 0) is 12.8 Å². The van der Waals surface area contributed by atoms with Gasteiger partial charge in [-0.2, -0.15) is 11.3 Å². The standard InChI is InChI=1S/C16H20ClNS/c1-2-18-15(8-7-13-9-10-19-12-13)11-14-5-3-4-6-16(14)17/h3-6,9-10,12,15,18H,2,7-8,11H2,1H3. The monoisotopic (exact) mass is 293 g/mol. The first kappa shape index (κ1) is 14.6. The van der Waals surface area contributed by atoms with Crippen molar-refractivity contribution in [1.82, 2.24) is 5.32 Å². The van der Waals surface area contributed by atoms with Crippen LogP contribution < -0.4 is 5.32 Å². The van der Waals surface area contributed by atoms with E-state index >= 15 is 0 Å². The van der Waals surface area contributed by atoms with E-state index in [1.807, 2.05) is 12.1 Å². The number of rotatable bonds is 7. The predicted octanol–water partition coefficient (Wildman–Crippen LogP) is 4.55. The average molecular weight is 294 g/mol. The molecule has 102 valence electrons. The van der Waals surface area contributed by atoms with Gasteiger partial charge >= 0.3 is 0 Å². The molecule has 1 heterocycles. The van der Waals surface area contributed by atoms with Crippen molar-refractivity contribution in [2.45, 2.75) is 32.2 Å². The maximum absolute atomic E-state index is 6.24. The minimum Gasteiger partial charge on any atom is -0.314 e. The van der Waals surface area contributed by atoms with E-state index < -0.39 is 0 Å². The largest absolute Gasteiger partial charge is 0.314 e. The third-order valence-corrected chi connectivity index (χ3v) is 4.38. The van der Waals surface area contributed by atoms with Gasteiger partial charge in [0.1, 0.15) is 0 Å². The lowest BCUT2D eigenvalue weighted by molar-refractivity contribution is 0.491. The molecule has 0 radical (unpaired) electrons. The smallest absolute Gasteiger partial charge is 0.0438 e. The maximum atomic E-state index is 6.24. The van der Waals surface area contributed by atoms with Gasteiger partial charge in [-0.15, -0.1) is 0 Å². The van der Waals surface area contributed by atoms with Crippen LogP contribution in [0.15, 0.2) is 41.1 Å². The molecule has 1 aromatic heterocycles. The third kappa shape index (κ3) is 4.64. The fourth-order valence-corrected chi connectivity index (χ4v) is 3.19. The average Bonchev–Trinajstić information content (AvgIpc) is 2.92. The number of thiophene rings is 1. The Bertz CT molecular complexity index is 481. The van der Waals surface area contributed by atoms with Gasteiger partial charge < -0.3 is 5.32 Å². The SMILES string of the molecule is CCNC(CCc1ccsc1)Cc1ccccc1Cl. The summed E-state index contributed by atoms with van der Waals surface area (Å²) in [6, 6.07) is 10.8. The molecule has 0 bridgehead atoms. The minimum absolute atomic E-state index is 0.491. The number of hydrogen-bond acceptors (Lipinski definition) is 2. The van der Waals surface area contributed by atoms with Crippen molar-refractivity contribution in [3.05, 3.63) is 57.2 Å². The van der Waals surface area contributed by atoms with Crippen LogP contribution in [0, 0.1) is 0 Å². The summed E-state index contributed by atoms with van der Waals surface area (Å²) in [5.41, 5.74) is 2.67. The topological polar surface area (TPSA) is 12.0 Å². The molecule has 0 aliphatic carbocycles. The van der Waals surface area contributed by atoms with Crippen molar-refractivity contribution in [3.8, 4) is 0 Å². The highest BCUT2D eigenvalue weighted by Crippen LogP contribution is 2.18. The van der Waals surface area contributed by atoms with Crippen LogP contribution in [0.25, 0.3) is 0 Å². The van der Waals surface area contributed by atoms with Crippen molar-refractivity contribution in [1.29, 1.82) is 0 Å². The van der Waals surface area contributed by atoms with Gasteiger partial charge in [-0.05, 0) is 59.8 Å². The lowest BCUT2D eigenvalue weighted by atomic mass is 10.00. The molecule has 1 aromatic carbocycles. The second-order valence-corrected chi connectivity index (χ2v) is 5.91. The number of aryl methyl sites for hydroxylation is 1. The summed E-state index contributed by atoms with van der Waals surface area (Å²) in [5.74, 6) is 0. The molecule has 0 amide bonds. The summed E-state index contributed by atoms with van der Waals surface area (Å²) >= 11 is 8.01. The van der Waals surface area contributed by atoms with Crippen LogP contribution in [-0.4, -0.2) is 12.6 Å². The van der Waals surface area contributed by atoms with Crippen molar-refractivity contribution in [3.63, 3.8) is 0 Å². The van der Waals surface area contributed by atoms with Gasteiger partial charge in [0, 0.05) is 11.1 Å². The van der Waals surface area contributed by atoms with E-state index in [0.717, 1.165) is 30.8 Å². The first-order chi connectivity index (χ1) is 9.29. The molecule has 0 saturated carbocycles. The number of hydrogen-bond donors (Lipinski definition) is 1. The van der Waals surface area contributed by atoms with Gasteiger partial charge in [-0.25, -0.2) is 0 Å². The maximum Gasteiger partial charge on any atom is 0.0438 e. The third-order valence-electron chi connectivity index (χ3n) is 3.28. The van der Waals surface area contributed by atoms with Gasteiger partial charge in [-0.1, -0.05) is 36.7 Å². The Labute approximate surface area is 124 Å². The van der Waals surface area contributed by atoms with Gasteiger partial charge in [0.05, 0.1) is 0 Å². The first-order valence-electron chi connectivity index (χ1n) is 6.77. The predicted molar refractivity (Wildman–Crippen MR) is 85.3 cm³/mol. The molecule has 3 heteroatoms. The molecule has 0 aliphatic heterocycles. The quantitative estimate of drug-likeness (QED) is 0.789. The van der Waals surface area contributed by atoms with Crippen LogP contribution in [0.5, 0.6) is 0 Å². The highest BCUT2D eigenvalue weighted by molar-refractivity contribution is 7.07. The van der Waals surface area contributed by atoms with Crippen molar-refractivity contribution < 1.29 is 0 Å². The highest BCUT2D eigenvalue weighted by atomic mass is 35.5. The van der Waals surface area contributed by atoms with E-state index in [1.165, 1.54) is 11.1 Å². The van der Waals surface area contributed by atoms with Gasteiger partial charge in [-0.3, -0.25) is 0 Å². The molecule has 0 aliphatic rings. The van der Waals surface area contributed by atoms with Crippen LogP contribution >= 0.6 is 22.9 Å². The normalized spacial score (nSPS) is 12.5. The molecule has 19 heavy (non-hydrogen) atoms. The van der Waals surface area contributed by atoms with E-state index in [0.29, 0.717) is 6.04 Å². The molecular formula is C16H20ClNS. The lowest BCUT2D eigenvalue weighted by Crippen LogP contribution is -2.31. The zero-order valence-corrected chi connectivity index (χ0v) is 12.8. The van der Waals surface area contributed by atoms with Crippen LogP contribution in [0.4, 0.5) is 0 Å². The zero-order valence-electron chi connectivity index (χ0n) is 11.2. The second-order valence-electron chi connectivity index (χ2n) is 4.72. The summed E-state index contributed by atoms with van der Waals surface area (Å²) in [4.78, 5) is 0. The van der Waals surface area contributed by atoms with Crippen LogP contribution in [0.1, 0.15) is 24.5 Å². The lowest BCUT2D eigenvalue weighted by Gasteiger charge is -2.18. The highest BCUT2D eigenvalue weighted by Gasteiger charge is 2.10. The summed E-state index contributed by atoms with van der Waals surface area (Å²) in [5, 5.41) is 8.82. The minimum atomic E-state index is 0.491. The van der Waals surface area contributed by atoms with E-state index in [4.69, 9.17) is 11.6 Å².